The fraction of sp³-hybridized carbons (Fsp3) is 0.688. The number of amides is 1. The Balaban J connectivity index is 1.46. The standard InChI is InChI=1S/C16H24N2O3/c1-20-14-11-16(21-12-14)6-9-18(10-7-16)15(19)5-4-13-3-2-8-17-13/h2-3,8,14,17H,4-7,9-12H2,1H3. The lowest BCUT2D eigenvalue weighted by Gasteiger charge is -2.38. The van der Waals surface area contributed by atoms with Crippen molar-refractivity contribution in [2.45, 2.75) is 43.8 Å². The van der Waals surface area contributed by atoms with Crippen molar-refractivity contribution in [1.29, 1.82) is 0 Å². The van der Waals surface area contributed by atoms with Crippen molar-refractivity contribution in [2.75, 3.05) is 26.8 Å². The molecular weight excluding hydrogens is 268 g/mol. The zero-order valence-electron chi connectivity index (χ0n) is 12.6. The van der Waals surface area contributed by atoms with E-state index in [0.717, 1.165) is 44.5 Å². The number of methoxy groups -OCH3 is 1. The van der Waals surface area contributed by atoms with E-state index in [4.69, 9.17) is 9.47 Å². The number of likely N-dealkylation sites (tertiary alicyclic amines) is 1. The maximum absolute atomic E-state index is 12.3. The first kappa shape index (κ1) is 14.6. The Labute approximate surface area is 125 Å². The van der Waals surface area contributed by atoms with Crippen LogP contribution in [-0.2, 0) is 20.7 Å². The lowest BCUT2D eigenvalue weighted by molar-refractivity contribution is -0.136. The molecule has 0 aliphatic carbocycles. The van der Waals surface area contributed by atoms with Gasteiger partial charge in [0.1, 0.15) is 0 Å². The molecule has 1 unspecified atom stereocenters. The second kappa shape index (κ2) is 6.20. The summed E-state index contributed by atoms with van der Waals surface area (Å²) in [5.41, 5.74) is 1.08. The lowest BCUT2D eigenvalue weighted by atomic mass is 9.88. The Kier molecular flexibility index (Phi) is 4.31. The molecule has 2 fully saturated rings. The molecule has 3 heterocycles. The van der Waals surface area contributed by atoms with E-state index >= 15 is 0 Å². The van der Waals surface area contributed by atoms with Crippen LogP contribution in [0.4, 0.5) is 0 Å². The van der Waals surface area contributed by atoms with Crippen molar-refractivity contribution in [3.63, 3.8) is 0 Å². The summed E-state index contributed by atoms with van der Waals surface area (Å²) in [4.78, 5) is 17.4. The Morgan fingerprint density at radius 3 is 2.95 bits per heavy atom. The van der Waals surface area contributed by atoms with E-state index in [1.807, 2.05) is 23.2 Å². The van der Waals surface area contributed by atoms with Gasteiger partial charge in [0.2, 0.25) is 5.91 Å². The Bertz CT molecular complexity index is 464. The molecule has 5 heteroatoms. The Morgan fingerprint density at radius 1 is 1.52 bits per heavy atom. The van der Waals surface area contributed by atoms with Crippen molar-refractivity contribution < 1.29 is 14.3 Å². The number of nitrogens with zero attached hydrogens (tertiary/aromatic N) is 1. The van der Waals surface area contributed by atoms with Gasteiger partial charge in [-0.3, -0.25) is 4.79 Å². The monoisotopic (exact) mass is 292 g/mol. The van der Waals surface area contributed by atoms with E-state index in [2.05, 4.69) is 4.98 Å². The quantitative estimate of drug-likeness (QED) is 0.920. The highest BCUT2D eigenvalue weighted by Crippen LogP contribution is 2.36. The number of aromatic nitrogens is 1. The summed E-state index contributed by atoms with van der Waals surface area (Å²) in [6.45, 7) is 2.30. The second-order valence-corrected chi connectivity index (χ2v) is 6.13. The number of ether oxygens (including phenoxy) is 2. The van der Waals surface area contributed by atoms with Crippen LogP contribution in [0.5, 0.6) is 0 Å². The first-order chi connectivity index (χ1) is 10.2. The minimum atomic E-state index is -0.0447. The summed E-state index contributed by atoms with van der Waals surface area (Å²) in [6, 6.07) is 3.99. The molecule has 0 bridgehead atoms. The fourth-order valence-corrected chi connectivity index (χ4v) is 3.39. The molecule has 1 atom stereocenters. The van der Waals surface area contributed by atoms with E-state index in [1.54, 1.807) is 7.11 Å². The van der Waals surface area contributed by atoms with Crippen molar-refractivity contribution in [3.05, 3.63) is 24.0 Å². The summed E-state index contributed by atoms with van der Waals surface area (Å²) in [5.74, 6) is 0.251. The maximum Gasteiger partial charge on any atom is 0.222 e. The summed E-state index contributed by atoms with van der Waals surface area (Å²) in [6.07, 6.45) is 6.31. The van der Waals surface area contributed by atoms with Crippen LogP contribution in [0.2, 0.25) is 0 Å². The molecule has 1 amide bonds. The summed E-state index contributed by atoms with van der Waals surface area (Å²) < 4.78 is 11.3. The van der Waals surface area contributed by atoms with Crippen molar-refractivity contribution in [2.24, 2.45) is 0 Å². The highest BCUT2D eigenvalue weighted by Gasteiger charge is 2.43. The molecule has 0 saturated carbocycles. The predicted octanol–water partition coefficient (Wildman–Crippen LogP) is 1.74. The number of aryl methyl sites for hydroxylation is 1. The van der Waals surface area contributed by atoms with Crippen LogP contribution in [0.15, 0.2) is 18.3 Å². The van der Waals surface area contributed by atoms with Crippen molar-refractivity contribution in [1.82, 2.24) is 9.88 Å². The van der Waals surface area contributed by atoms with E-state index in [9.17, 15) is 4.79 Å². The third kappa shape index (κ3) is 3.30. The normalized spacial score (nSPS) is 24.6. The van der Waals surface area contributed by atoms with Crippen LogP contribution in [-0.4, -0.2) is 54.3 Å². The molecule has 3 rings (SSSR count). The first-order valence-electron chi connectivity index (χ1n) is 7.78. The molecule has 2 saturated heterocycles. The summed E-state index contributed by atoms with van der Waals surface area (Å²) in [5, 5.41) is 0. The Hall–Kier alpha value is -1.33. The van der Waals surface area contributed by atoms with Gasteiger partial charge in [0, 0.05) is 44.9 Å². The van der Waals surface area contributed by atoms with Crippen LogP contribution in [0.1, 0.15) is 31.4 Å². The maximum atomic E-state index is 12.3. The van der Waals surface area contributed by atoms with Gasteiger partial charge in [-0.2, -0.15) is 0 Å². The third-order valence-corrected chi connectivity index (χ3v) is 4.81. The van der Waals surface area contributed by atoms with Crippen molar-refractivity contribution >= 4 is 5.91 Å². The van der Waals surface area contributed by atoms with Gasteiger partial charge >= 0.3 is 0 Å². The molecule has 21 heavy (non-hydrogen) atoms. The van der Waals surface area contributed by atoms with Crippen LogP contribution in [0.3, 0.4) is 0 Å². The van der Waals surface area contributed by atoms with E-state index in [0.29, 0.717) is 13.0 Å². The van der Waals surface area contributed by atoms with Gasteiger partial charge in [-0.1, -0.05) is 0 Å². The number of aromatic amines is 1. The SMILES string of the molecule is COC1COC2(CCN(C(=O)CCc3ccc[nH]3)CC2)C1. The minimum absolute atomic E-state index is 0.0447. The topological polar surface area (TPSA) is 54.6 Å². The average Bonchev–Trinajstić information content (AvgIpc) is 3.16. The molecule has 2 aliphatic heterocycles. The molecule has 1 spiro atoms. The predicted molar refractivity (Wildman–Crippen MR) is 79.0 cm³/mol. The van der Waals surface area contributed by atoms with E-state index in [-0.39, 0.29) is 17.6 Å². The van der Waals surface area contributed by atoms with Gasteiger partial charge in [0.05, 0.1) is 18.3 Å². The smallest absolute Gasteiger partial charge is 0.222 e. The number of hydrogen-bond acceptors (Lipinski definition) is 3. The van der Waals surface area contributed by atoms with Gasteiger partial charge < -0.3 is 19.4 Å². The zero-order valence-corrected chi connectivity index (χ0v) is 12.6. The van der Waals surface area contributed by atoms with Crippen LogP contribution in [0.25, 0.3) is 0 Å². The highest BCUT2D eigenvalue weighted by atomic mass is 16.6. The second-order valence-electron chi connectivity index (χ2n) is 6.13. The van der Waals surface area contributed by atoms with Gasteiger partial charge in [0.15, 0.2) is 0 Å². The number of carbonyl (C=O) groups is 1. The molecule has 0 radical (unpaired) electrons. The first-order valence-corrected chi connectivity index (χ1v) is 7.78. The number of hydrogen-bond donors (Lipinski definition) is 1. The summed E-state index contributed by atoms with van der Waals surface area (Å²) in [7, 11) is 1.74. The molecule has 5 nitrogen and oxygen atoms in total. The van der Waals surface area contributed by atoms with E-state index < -0.39 is 0 Å². The van der Waals surface area contributed by atoms with Gasteiger partial charge in [0.25, 0.3) is 0 Å². The number of carbonyl (C=O) groups excluding carboxylic acids is 1. The molecule has 1 aromatic rings. The van der Waals surface area contributed by atoms with Crippen LogP contribution in [0, 0.1) is 0 Å². The summed E-state index contributed by atoms with van der Waals surface area (Å²) >= 11 is 0. The van der Waals surface area contributed by atoms with Crippen molar-refractivity contribution in [3.8, 4) is 0 Å². The van der Waals surface area contributed by atoms with Gasteiger partial charge in [-0.25, -0.2) is 0 Å². The molecular formula is C16H24N2O3. The number of rotatable bonds is 4. The average molecular weight is 292 g/mol. The number of nitrogens with one attached hydrogen (secondary N) is 1. The van der Waals surface area contributed by atoms with E-state index in [1.165, 1.54) is 0 Å². The molecule has 2 aliphatic rings. The van der Waals surface area contributed by atoms with Crippen LogP contribution < -0.4 is 0 Å². The Morgan fingerprint density at radius 2 is 2.33 bits per heavy atom. The minimum Gasteiger partial charge on any atom is -0.379 e. The number of H-pyrrole nitrogens is 1. The molecule has 1 aromatic heterocycles. The fourth-order valence-electron chi connectivity index (χ4n) is 3.39. The molecule has 1 N–H and O–H groups in total. The molecule has 0 aromatic carbocycles. The highest BCUT2D eigenvalue weighted by molar-refractivity contribution is 5.76. The number of piperidine rings is 1. The zero-order chi connectivity index (χ0) is 14.7. The van der Waals surface area contributed by atoms with Crippen LogP contribution >= 0.6 is 0 Å². The lowest BCUT2D eigenvalue weighted by Crippen LogP contribution is -2.46. The van der Waals surface area contributed by atoms with Gasteiger partial charge in [-0.05, 0) is 31.4 Å². The molecule has 116 valence electrons. The largest absolute Gasteiger partial charge is 0.379 e. The van der Waals surface area contributed by atoms with Gasteiger partial charge in [-0.15, -0.1) is 0 Å². The third-order valence-electron chi connectivity index (χ3n) is 4.81.